The van der Waals surface area contributed by atoms with Gasteiger partial charge in [0.1, 0.15) is 29.5 Å². The largest absolute Gasteiger partial charge is 0.497 e. The summed E-state index contributed by atoms with van der Waals surface area (Å²) in [6, 6.07) is 18.6. The number of nitrogens with one attached hydrogen (secondary N) is 1. The fraction of sp³-hybridized carbons (Fsp3) is 0.231. The van der Waals surface area contributed by atoms with Gasteiger partial charge in [-0.3, -0.25) is 4.79 Å². The molecule has 4 aromatic rings. The van der Waals surface area contributed by atoms with Gasteiger partial charge < -0.3 is 19.9 Å². The van der Waals surface area contributed by atoms with Crippen LogP contribution in [0.25, 0.3) is 16.6 Å². The number of methoxy groups -OCH3 is 1. The molecule has 0 bridgehead atoms. The van der Waals surface area contributed by atoms with Crippen LogP contribution in [0, 0.1) is 5.82 Å². The number of amides is 1. The molecule has 2 N–H and O–H groups in total. The summed E-state index contributed by atoms with van der Waals surface area (Å²) < 4.78 is 26.7. The maximum Gasteiger partial charge on any atom is 0.248 e. The quantitative estimate of drug-likeness (QED) is 0.410. The number of fused-ring (bicyclic) bond motifs is 1. The molecular weight excluding hydrogens is 437 g/mol. The molecule has 1 aromatic heterocycles. The Kier molecular flexibility index (Phi) is 6.79. The molecule has 1 heterocycles. The molecule has 1 amide bonds. The lowest BCUT2D eigenvalue weighted by Crippen LogP contribution is -2.43. The Hall–Kier alpha value is -3.91. The van der Waals surface area contributed by atoms with Gasteiger partial charge in [-0.15, -0.1) is 0 Å². The first-order chi connectivity index (χ1) is 16.4. The van der Waals surface area contributed by atoms with Gasteiger partial charge in [0.2, 0.25) is 5.91 Å². The molecule has 0 radical (unpaired) electrons. The molecular formula is C26H26FN3O4. The summed E-state index contributed by atoms with van der Waals surface area (Å²) in [7, 11) is 1.58. The Bertz CT molecular complexity index is 1290. The zero-order valence-electron chi connectivity index (χ0n) is 19.1. The van der Waals surface area contributed by atoms with Gasteiger partial charge in [0.15, 0.2) is 0 Å². The van der Waals surface area contributed by atoms with Crippen LogP contribution >= 0.6 is 0 Å². The third-order valence-electron chi connectivity index (χ3n) is 5.50. The Morgan fingerprint density at radius 3 is 2.53 bits per heavy atom. The zero-order chi connectivity index (χ0) is 24.2. The predicted molar refractivity (Wildman–Crippen MR) is 127 cm³/mol. The Balaban J connectivity index is 1.65. The van der Waals surface area contributed by atoms with Gasteiger partial charge in [0.05, 0.1) is 30.6 Å². The summed E-state index contributed by atoms with van der Waals surface area (Å²) >= 11 is 0. The molecule has 0 spiro atoms. The number of carbonyl (C=O) groups excluding carboxylic acids is 1. The highest BCUT2D eigenvalue weighted by molar-refractivity contribution is 5.82. The van der Waals surface area contributed by atoms with E-state index in [0.717, 1.165) is 22.2 Å². The Morgan fingerprint density at radius 2 is 1.82 bits per heavy atom. The van der Waals surface area contributed by atoms with Gasteiger partial charge in [-0.2, -0.15) is 5.10 Å². The number of hydrogen-bond acceptors (Lipinski definition) is 5. The van der Waals surface area contributed by atoms with Crippen LogP contribution < -0.4 is 14.8 Å². The summed E-state index contributed by atoms with van der Waals surface area (Å²) in [6.07, 6.45) is 0.0227. The number of aliphatic hydroxyl groups excluding tert-OH is 1. The lowest BCUT2D eigenvalue weighted by atomic mass is 10.0. The lowest BCUT2D eigenvalue weighted by molar-refractivity contribution is -0.129. The van der Waals surface area contributed by atoms with E-state index in [0.29, 0.717) is 11.5 Å². The highest BCUT2D eigenvalue weighted by atomic mass is 19.1. The van der Waals surface area contributed by atoms with Crippen molar-refractivity contribution in [1.82, 2.24) is 15.1 Å². The van der Waals surface area contributed by atoms with Crippen LogP contribution in [0.5, 0.6) is 11.5 Å². The third-order valence-corrected chi connectivity index (χ3v) is 5.50. The number of ether oxygens (including phenoxy) is 2. The van der Waals surface area contributed by atoms with Gasteiger partial charge >= 0.3 is 0 Å². The number of hydrogen-bond donors (Lipinski definition) is 2. The van der Waals surface area contributed by atoms with Gasteiger partial charge in [-0.1, -0.05) is 12.1 Å². The standard InChI is InChI=1S/C26H26FN3O4/c1-16(29-26(32)17(2)31)25(18-5-4-6-22(13-18)33-3)34-23-11-12-24-19(14-23)15-28-30(24)21-9-7-20(27)8-10-21/h4-17,25,31H,1-3H3,(H,29,32)/t16-,17+,25+/m0/s1. The second kappa shape index (κ2) is 9.93. The summed E-state index contributed by atoms with van der Waals surface area (Å²) in [4.78, 5) is 12.1. The topological polar surface area (TPSA) is 85.6 Å². The number of aliphatic hydroxyl groups is 1. The molecule has 4 rings (SSSR count). The number of nitrogens with zero attached hydrogens (tertiary/aromatic N) is 2. The molecule has 3 aromatic carbocycles. The summed E-state index contributed by atoms with van der Waals surface area (Å²) in [5.74, 6) is 0.449. The van der Waals surface area contributed by atoms with Gasteiger partial charge in [0, 0.05) is 5.39 Å². The van der Waals surface area contributed by atoms with Crippen molar-refractivity contribution in [3.8, 4) is 17.2 Å². The normalized spacial score (nSPS) is 13.8. The molecule has 0 aliphatic carbocycles. The van der Waals surface area contributed by atoms with E-state index < -0.39 is 24.2 Å². The van der Waals surface area contributed by atoms with E-state index in [4.69, 9.17) is 9.47 Å². The van der Waals surface area contributed by atoms with E-state index in [1.54, 1.807) is 30.1 Å². The van der Waals surface area contributed by atoms with Crippen molar-refractivity contribution in [2.24, 2.45) is 0 Å². The number of aromatic nitrogens is 2. The molecule has 0 unspecified atom stereocenters. The van der Waals surface area contributed by atoms with Crippen LogP contribution in [-0.4, -0.2) is 40.0 Å². The fourth-order valence-corrected chi connectivity index (χ4v) is 3.72. The highest BCUT2D eigenvalue weighted by Crippen LogP contribution is 2.30. The van der Waals surface area contributed by atoms with Crippen LogP contribution in [0.3, 0.4) is 0 Å². The molecule has 8 heteroatoms. The first kappa shape index (κ1) is 23.3. The van der Waals surface area contributed by atoms with E-state index in [-0.39, 0.29) is 5.82 Å². The maximum absolute atomic E-state index is 13.3. The molecule has 0 fully saturated rings. The van der Waals surface area contributed by atoms with Crippen molar-refractivity contribution in [3.05, 3.63) is 84.3 Å². The number of rotatable bonds is 8. The molecule has 0 aliphatic rings. The zero-order valence-corrected chi connectivity index (χ0v) is 19.1. The predicted octanol–water partition coefficient (Wildman–Crippen LogP) is 4.18. The first-order valence-corrected chi connectivity index (χ1v) is 10.9. The van der Waals surface area contributed by atoms with Crippen LogP contribution in [0.2, 0.25) is 0 Å². The van der Waals surface area contributed by atoms with Crippen molar-refractivity contribution in [1.29, 1.82) is 0 Å². The molecule has 176 valence electrons. The van der Waals surface area contributed by atoms with Crippen molar-refractivity contribution in [3.63, 3.8) is 0 Å². The van der Waals surface area contributed by atoms with Gasteiger partial charge in [-0.05, 0) is 74.0 Å². The second-order valence-electron chi connectivity index (χ2n) is 8.04. The van der Waals surface area contributed by atoms with E-state index in [9.17, 15) is 14.3 Å². The van der Waals surface area contributed by atoms with Crippen LogP contribution in [0.4, 0.5) is 4.39 Å². The van der Waals surface area contributed by atoms with Crippen LogP contribution in [0.1, 0.15) is 25.5 Å². The monoisotopic (exact) mass is 463 g/mol. The van der Waals surface area contributed by atoms with Crippen LogP contribution in [0.15, 0.2) is 72.9 Å². The molecule has 0 aliphatic heterocycles. The van der Waals surface area contributed by atoms with E-state index in [1.807, 2.05) is 49.4 Å². The minimum absolute atomic E-state index is 0.309. The van der Waals surface area contributed by atoms with Crippen molar-refractivity contribution >= 4 is 16.8 Å². The first-order valence-electron chi connectivity index (χ1n) is 10.9. The van der Waals surface area contributed by atoms with E-state index in [2.05, 4.69) is 10.4 Å². The second-order valence-corrected chi connectivity index (χ2v) is 8.04. The SMILES string of the molecule is COc1cccc([C@H](Oc2ccc3c(cnn3-c3ccc(F)cc3)c2)[C@H](C)NC(=O)[C@@H](C)O)c1. The van der Waals surface area contributed by atoms with E-state index >= 15 is 0 Å². The molecule has 3 atom stereocenters. The van der Waals surface area contributed by atoms with E-state index in [1.165, 1.54) is 19.1 Å². The van der Waals surface area contributed by atoms with Crippen molar-refractivity contribution < 1.29 is 23.8 Å². The average Bonchev–Trinajstić information content (AvgIpc) is 3.26. The fourth-order valence-electron chi connectivity index (χ4n) is 3.72. The molecule has 0 saturated carbocycles. The molecule has 7 nitrogen and oxygen atoms in total. The minimum atomic E-state index is -1.14. The number of halogens is 1. The number of benzene rings is 3. The average molecular weight is 464 g/mol. The van der Waals surface area contributed by atoms with Crippen LogP contribution in [-0.2, 0) is 4.79 Å². The summed E-state index contributed by atoms with van der Waals surface area (Å²) in [5, 5.41) is 17.7. The Morgan fingerprint density at radius 1 is 1.06 bits per heavy atom. The molecule has 34 heavy (non-hydrogen) atoms. The highest BCUT2D eigenvalue weighted by Gasteiger charge is 2.25. The van der Waals surface area contributed by atoms with Gasteiger partial charge in [0.25, 0.3) is 0 Å². The summed E-state index contributed by atoms with van der Waals surface area (Å²) in [5.41, 5.74) is 2.39. The lowest BCUT2D eigenvalue weighted by Gasteiger charge is -2.27. The summed E-state index contributed by atoms with van der Waals surface area (Å²) in [6.45, 7) is 3.23. The van der Waals surface area contributed by atoms with Gasteiger partial charge in [-0.25, -0.2) is 9.07 Å². The number of carbonyl (C=O) groups is 1. The third kappa shape index (κ3) is 5.02. The van der Waals surface area contributed by atoms with Crippen molar-refractivity contribution in [2.75, 3.05) is 7.11 Å². The molecule has 0 saturated heterocycles. The van der Waals surface area contributed by atoms with Crippen molar-refractivity contribution in [2.45, 2.75) is 32.1 Å². The Labute approximate surface area is 196 Å². The minimum Gasteiger partial charge on any atom is -0.497 e. The smallest absolute Gasteiger partial charge is 0.248 e. The maximum atomic E-state index is 13.3.